The number of fused-ring (bicyclic) bond motifs is 3. The van der Waals surface area contributed by atoms with E-state index in [1.165, 1.54) is 6.07 Å². The first-order valence-corrected chi connectivity index (χ1v) is 12.5. The number of nitrogens with zero attached hydrogens (tertiary/aromatic N) is 4. The lowest BCUT2D eigenvalue weighted by Crippen LogP contribution is -2.04. The minimum Gasteiger partial charge on any atom is -0.307 e. The van der Waals surface area contributed by atoms with Gasteiger partial charge >= 0.3 is 0 Å². The summed E-state index contributed by atoms with van der Waals surface area (Å²) in [7, 11) is 0. The Morgan fingerprint density at radius 2 is 1.03 bits per heavy atom. The average molecular weight is 511 g/mol. The predicted octanol–water partition coefficient (Wildman–Crippen LogP) is 8.25. The van der Waals surface area contributed by atoms with Crippen molar-refractivity contribution in [1.82, 2.24) is 19.5 Å². The first-order chi connectivity index (χ1) is 19.2. The quantitative estimate of drug-likeness (QED) is 0.239. The summed E-state index contributed by atoms with van der Waals surface area (Å²) < 4.78 is 34.5. The van der Waals surface area contributed by atoms with E-state index >= 15 is 8.78 Å². The summed E-state index contributed by atoms with van der Waals surface area (Å²) in [5.74, 6) is -0.858. The Morgan fingerprint density at radius 3 is 1.64 bits per heavy atom. The highest BCUT2D eigenvalue weighted by Crippen LogP contribution is 2.38. The summed E-state index contributed by atoms with van der Waals surface area (Å²) in [6, 6.07) is 37.1. The molecule has 186 valence electrons. The third-order valence-corrected chi connectivity index (χ3v) is 6.79. The molecular weight excluding hydrogens is 490 g/mol. The van der Waals surface area contributed by atoms with E-state index in [0.29, 0.717) is 17.0 Å². The van der Waals surface area contributed by atoms with Crippen LogP contribution in [0.1, 0.15) is 0 Å². The van der Waals surface area contributed by atoms with Gasteiger partial charge in [0.05, 0.1) is 16.6 Å². The van der Waals surface area contributed by atoms with Gasteiger partial charge in [0.15, 0.2) is 23.3 Å². The first-order valence-electron chi connectivity index (χ1n) is 12.5. The molecule has 0 saturated heterocycles. The maximum absolute atomic E-state index is 16.7. The van der Waals surface area contributed by atoms with E-state index in [-0.39, 0.29) is 16.9 Å². The normalized spacial score (nSPS) is 11.3. The van der Waals surface area contributed by atoms with E-state index in [0.717, 1.165) is 27.7 Å². The van der Waals surface area contributed by atoms with Gasteiger partial charge in [0.2, 0.25) is 0 Å². The van der Waals surface area contributed by atoms with Crippen LogP contribution in [0, 0.1) is 11.6 Å². The van der Waals surface area contributed by atoms with E-state index in [1.807, 2.05) is 120 Å². The van der Waals surface area contributed by atoms with Crippen LogP contribution >= 0.6 is 0 Å². The van der Waals surface area contributed by atoms with Crippen LogP contribution in [0.5, 0.6) is 0 Å². The second kappa shape index (κ2) is 9.26. The molecule has 5 aromatic carbocycles. The Hall–Kier alpha value is -5.23. The van der Waals surface area contributed by atoms with Crippen LogP contribution in [-0.2, 0) is 0 Å². The standard InChI is InChI=1S/C33H20F2N4/c34-26-20-25-24-18-10-11-19-27(24)39(23-16-8-3-9-17-23)30(25)29(35)28(26)33-37-31(21-12-4-1-5-13-21)36-32(38-33)22-14-6-2-7-15-22/h1-20H. The zero-order valence-electron chi connectivity index (χ0n) is 20.6. The molecule has 0 spiro atoms. The first kappa shape index (κ1) is 22.9. The van der Waals surface area contributed by atoms with Gasteiger partial charge in [0.1, 0.15) is 5.82 Å². The molecule has 2 aromatic heterocycles. The fourth-order valence-corrected chi connectivity index (χ4v) is 5.02. The highest BCUT2D eigenvalue weighted by atomic mass is 19.1. The largest absolute Gasteiger partial charge is 0.307 e. The van der Waals surface area contributed by atoms with Crippen molar-refractivity contribution in [3.05, 3.63) is 133 Å². The minimum atomic E-state index is -0.736. The lowest BCUT2D eigenvalue weighted by atomic mass is 10.1. The lowest BCUT2D eigenvalue weighted by molar-refractivity contribution is 0.594. The van der Waals surface area contributed by atoms with Gasteiger partial charge in [-0.15, -0.1) is 0 Å². The lowest BCUT2D eigenvalue weighted by Gasteiger charge is -2.12. The van der Waals surface area contributed by atoms with Gasteiger partial charge < -0.3 is 4.57 Å². The highest BCUT2D eigenvalue weighted by Gasteiger charge is 2.25. The number of aromatic nitrogens is 4. The van der Waals surface area contributed by atoms with E-state index in [9.17, 15) is 0 Å². The smallest absolute Gasteiger partial charge is 0.170 e. The Kier molecular flexibility index (Phi) is 5.44. The number of rotatable bonds is 4. The van der Waals surface area contributed by atoms with Crippen molar-refractivity contribution in [2.45, 2.75) is 0 Å². The van der Waals surface area contributed by atoms with Crippen LogP contribution in [0.4, 0.5) is 8.78 Å². The Balaban J connectivity index is 1.56. The molecule has 0 aliphatic heterocycles. The van der Waals surface area contributed by atoms with Crippen molar-refractivity contribution in [2.75, 3.05) is 0 Å². The van der Waals surface area contributed by atoms with Crippen LogP contribution in [-0.4, -0.2) is 19.5 Å². The Labute approximate surface area is 222 Å². The van der Waals surface area contributed by atoms with Crippen LogP contribution in [0.25, 0.3) is 61.7 Å². The van der Waals surface area contributed by atoms with Crippen molar-refractivity contribution in [3.8, 4) is 39.9 Å². The highest BCUT2D eigenvalue weighted by molar-refractivity contribution is 6.10. The summed E-state index contributed by atoms with van der Waals surface area (Å²) in [4.78, 5) is 13.8. The zero-order chi connectivity index (χ0) is 26.3. The molecule has 0 radical (unpaired) electrons. The van der Waals surface area contributed by atoms with Crippen LogP contribution < -0.4 is 0 Å². The second-order valence-electron chi connectivity index (χ2n) is 9.17. The number of hydrogen-bond acceptors (Lipinski definition) is 3. The van der Waals surface area contributed by atoms with Gasteiger partial charge in [0.25, 0.3) is 0 Å². The molecule has 4 nitrogen and oxygen atoms in total. The molecule has 2 heterocycles. The van der Waals surface area contributed by atoms with Crippen LogP contribution in [0.15, 0.2) is 121 Å². The fourth-order valence-electron chi connectivity index (χ4n) is 5.02. The monoisotopic (exact) mass is 510 g/mol. The Bertz CT molecular complexity index is 1910. The number of halogens is 2. The average Bonchev–Trinajstić information content (AvgIpc) is 3.33. The van der Waals surface area contributed by atoms with Crippen molar-refractivity contribution < 1.29 is 8.78 Å². The van der Waals surface area contributed by atoms with Gasteiger partial charge in [-0.25, -0.2) is 23.7 Å². The van der Waals surface area contributed by atoms with E-state index in [4.69, 9.17) is 0 Å². The molecule has 0 N–H and O–H groups in total. The Morgan fingerprint density at radius 1 is 0.513 bits per heavy atom. The maximum atomic E-state index is 16.7. The van der Waals surface area contributed by atoms with Gasteiger partial charge in [-0.3, -0.25) is 0 Å². The van der Waals surface area contributed by atoms with Gasteiger partial charge in [0, 0.05) is 27.6 Å². The number of benzene rings is 5. The van der Waals surface area contributed by atoms with Crippen molar-refractivity contribution in [2.24, 2.45) is 0 Å². The predicted molar refractivity (Wildman–Crippen MR) is 150 cm³/mol. The molecule has 0 aliphatic carbocycles. The van der Waals surface area contributed by atoms with Crippen molar-refractivity contribution in [1.29, 1.82) is 0 Å². The molecule has 0 bridgehead atoms. The number of para-hydroxylation sites is 2. The summed E-state index contributed by atoms with van der Waals surface area (Å²) in [6.07, 6.45) is 0. The molecule has 0 unspecified atom stereocenters. The van der Waals surface area contributed by atoms with Crippen LogP contribution in [0.3, 0.4) is 0 Å². The van der Waals surface area contributed by atoms with Gasteiger partial charge in [-0.05, 0) is 24.3 Å². The van der Waals surface area contributed by atoms with Gasteiger partial charge in [-0.1, -0.05) is 97.1 Å². The van der Waals surface area contributed by atoms with Crippen molar-refractivity contribution >= 4 is 21.8 Å². The number of hydrogen-bond donors (Lipinski definition) is 0. The fraction of sp³-hybridized carbons (Fsp3) is 0. The molecular formula is C33H20F2N4. The maximum Gasteiger partial charge on any atom is 0.170 e. The molecule has 7 rings (SSSR count). The van der Waals surface area contributed by atoms with Gasteiger partial charge in [-0.2, -0.15) is 0 Å². The molecule has 0 atom stereocenters. The third-order valence-electron chi connectivity index (χ3n) is 6.79. The molecule has 0 aliphatic rings. The minimum absolute atomic E-state index is 0.0653. The summed E-state index contributed by atoms with van der Waals surface area (Å²) in [5.41, 5.74) is 2.96. The zero-order valence-corrected chi connectivity index (χ0v) is 20.6. The molecule has 0 amide bonds. The van der Waals surface area contributed by atoms with E-state index < -0.39 is 11.6 Å². The van der Waals surface area contributed by atoms with Crippen LogP contribution in [0.2, 0.25) is 0 Å². The second-order valence-corrected chi connectivity index (χ2v) is 9.17. The topological polar surface area (TPSA) is 43.6 Å². The van der Waals surface area contributed by atoms with E-state index in [2.05, 4.69) is 15.0 Å². The molecule has 0 saturated carbocycles. The summed E-state index contributed by atoms with van der Waals surface area (Å²) in [6.45, 7) is 0. The molecule has 39 heavy (non-hydrogen) atoms. The summed E-state index contributed by atoms with van der Waals surface area (Å²) in [5, 5.41) is 1.24. The third kappa shape index (κ3) is 3.85. The molecule has 7 aromatic rings. The molecule has 6 heteroatoms. The molecule has 0 fully saturated rings. The van der Waals surface area contributed by atoms with Crippen molar-refractivity contribution in [3.63, 3.8) is 0 Å². The SMILES string of the molecule is Fc1cc2c3ccccc3n(-c3ccccc3)c2c(F)c1-c1nc(-c2ccccc2)nc(-c2ccccc2)n1. The summed E-state index contributed by atoms with van der Waals surface area (Å²) >= 11 is 0. The van der Waals surface area contributed by atoms with E-state index in [1.54, 1.807) is 0 Å².